The number of carbonyl (C=O) groups excluding carboxylic acids is 1. The molecule has 3 aromatic rings. The third-order valence-electron chi connectivity index (χ3n) is 4.21. The fraction of sp³-hybridized carbons (Fsp3) is 0.211. The Balaban J connectivity index is 2.05. The summed E-state index contributed by atoms with van der Waals surface area (Å²) in [6.07, 6.45) is 0. The molecule has 0 bridgehead atoms. The lowest BCUT2D eigenvalue weighted by Crippen LogP contribution is -2.18. The maximum Gasteiger partial charge on any atom is 0.272 e. The molecular formula is C19H20N2O2. The van der Waals surface area contributed by atoms with Gasteiger partial charge in [-0.1, -0.05) is 18.2 Å². The van der Waals surface area contributed by atoms with Crippen LogP contribution in [0.2, 0.25) is 0 Å². The average Bonchev–Trinajstić information content (AvgIpc) is 2.83. The third kappa shape index (κ3) is 2.57. The van der Waals surface area contributed by atoms with Crippen LogP contribution in [0.4, 0.5) is 5.69 Å². The van der Waals surface area contributed by atoms with Gasteiger partial charge in [0.25, 0.3) is 5.91 Å². The highest BCUT2D eigenvalue weighted by Crippen LogP contribution is 2.27. The van der Waals surface area contributed by atoms with Crippen molar-refractivity contribution in [1.82, 2.24) is 4.57 Å². The number of phenols is 1. The summed E-state index contributed by atoms with van der Waals surface area (Å²) in [6.45, 7) is 6.60. The lowest BCUT2D eigenvalue weighted by atomic mass is 10.1. The molecule has 2 N–H and O–H groups in total. The first-order valence-corrected chi connectivity index (χ1v) is 7.71. The highest BCUT2D eigenvalue weighted by molar-refractivity contribution is 6.08. The smallest absolute Gasteiger partial charge is 0.272 e. The van der Waals surface area contributed by atoms with E-state index in [9.17, 15) is 9.90 Å². The molecule has 0 fully saturated rings. The number of benzene rings is 2. The molecule has 0 aliphatic rings. The zero-order valence-electron chi connectivity index (χ0n) is 13.6. The number of hydrogen-bond acceptors (Lipinski definition) is 2. The zero-order chi connectivity index (χ0) is 16.6. The number of nitrogens with zero attached hydrogens (tertiary/aromatic N) is 1. The topological polar surface area (TPSA) is 54.3 Å². The van der Waals surface area contributed by atoms with Crippen LogP contribution in [0.5, 0.6) is 5.75 Å². The summed E-state index contributed by atoms with van der Waals surface area (Å²) in [7, 11) is 0. The summed E-state index contributed by atoms with van der Waals surface area (Å²) < 4.78 is 2.04. The molecule has 23 heavy (non-hydrogen) atoms. The molecule has 1 heterocycles. The molecule has 0 aliphatic carbocycles. The van der Waals surface area contributed by atoms with Gasteiger partial charge in [-0.3, -0.25) is 4.79 Å². The summed E-state index contributed by atoms with van der Waals surface area (Å²) in [5.74, 6) is 0.0636. The highest BCUT2D eigenvalue weighted by atomic mass is 16.3. The van der Waals surface area contributed by atoms with Gasteiger partial charge in [0.15, 0.2) is 0 Å². The van der Waals surface area contributed by atoms with E-state index < -0.39 is 0 Å². The fourth-order valence-corrected chi connectivity index (χ4v) is 3.07. The minimum absolute atomic E-state index is 0.130. The van der Waals surface area contributed by atoms with Crippen molar-refractivity contribution >= 4 is 22.5 Å². The average molecular weight is 308 g/mol. The predicted molar refractivity (Wildman–Crippen MR) is 93.1 cm³/mol. The second kappa shape index (κ2) is 5.80. The van der Waals surface area contributed by atoms with E-state index in [0.29, 0.717) is 11.4 Å². The van der Waals surface area contributed by atoms with Gasteiger partial charge in [0, 0.05) is 23.1 Å². The lowest BCUT2D eigenvalue weighted by Gasteiger charge is -2.12. The van der Waals surface area contributed by atoms with Gasteiger partial charge >= 0.3 is 0 Å². The Kier molecular flexibility index (Phi) is 3.82. The van der Waals surface area contributed by atoms with Crippen LogP contribution in [0.15, 0.2) is 42.5 Å². The van der Waals surface area contributed by atoms with Gasteiger partial charge in [-0.25, -0.2) is 0 Å². The molecule has 0 unspecified atom stereocenters. The van der Waals surface area contributed by atoms with Crippen LogP contribution in [0.3, 0.4) is 0 Å². The van der Waals surface area contributed by atoms with E-state index in [1.54, 1.807) is 18.2 Å². The van der Waals surface area contributed by atoms with Crippen LogP contribution >= 0.6 is 0 Å². The van der Waals surface area contributed by atoms with E-state index in [4.69, 9.17) is 0 Å². The molecule has 0 atom stereocenters. The van der Waals surface area contributed by atoms with Crippen molar-refractivity contribution in [2.24, 2.45) is 0 Å². The summed E-state index contributed by atoms with van der Waals surface area (Å²) in [5.41, 5.74) is 4.27. The molecule has 1 aromatic heterocycles. The Morgan fingerprint density at radius 2 is 1.91 bits per heavy atom. The standard InChI is InChI=1S/C19H20N2O2/c1-4-21-17-8-6-5-7-15(17)13(3)18(21)19(23)20-16-10-9-14(22)11-12(16)2/h5-11,22H,4H2,1-3H3,(H,20,23). The first kappa shape index (κ1) is 15.2. The van der Waals surface area contributed by atoms with Gasteiger partial charge in [-0.05, 0) is 56.2 Å². The first-order valence-electron chi connectivity index (χ1n) is 7.71. The van der Waals surface area contributed by atoms with Crippen LogP contribution in [0.1, 0.15) is 28.5 Å². The summed E-state index contributed by atoms with van der Waals surface area (Å²) in [5, 5.41) is 13.6. The predicted octanol–water partition coefficient (Wildman–Crippen LogP) is 4.24. The van der Waals surface area contributed by atoms with Gasteiger partial charge in [0.05, 0.1) is 0 Å². The Morgan fingerprint density at radius 3 is 2.61 bits per heavy atom. The fourth-order valence-electron chi connectivity index (χ4n) is 3.07. The van der Waals surface area contributed by atoms with Crippen molar-refractivity contribution in [3.8, 4) is 5.75 Å². The van der Waals surface area contributed by atoms with E-state index in [1.165, 1.54) is 0 Å². The summed E-state index contributed by atoms with van der Waals surface area (Å²) in [6, 6.07) is 13.0. The summed E-state index contributed by atoms with van der Waals surface area (Å²) >= 11 is 0. The van der Waals surface area contributed by atoms with Crippen LogP contribution in [-0.4, -0.2) is 15.6 Å². The van der Waals surface area contributed by atoms with E-state index in [-0.39, 0.29) is 11.7 Å². The number of phenolic OH excluding ortho intramolecular Hbond substituents is 1. The Labute approximate surface area is 135 Å². The molecule has 1 amide bonds. The van der Waals surface area contributed by atoms with Crippen LogP contribution in [0, 0.1) is 13.8 Å². The van der Waals surface area contributed by atoms with Gasteiger partial charge in [0.2, 0.25) is 0 Å². The van der Waals surface area contributed by atoms with Crippen molar-refractivity contribution in [2.45, 2.75) is 27.3 Å². The first-order chi connectivity index (χ1) is 11.0. The summed E-state index contributed by atoms with van der Waals surface area (Å²) in [4.78, 5) is 12.8. The molecule has 4 heteroatoms. The molecule has 0 saturated carbocycles. The number of nitrogens with one attached hydrogen (secondary N) is 1. The van der Waals surface area contributed by atoms with Gasteiger partial charge < -0.3 is 15.0 Å². The Morgan fingerprint density at radius 1 is 1.17 bits per heavy atom. The second-order valence-corrected chi connectivity index (χ2v) is 5.69. The van der Waals surface area contributed by atoms with E-state index in [1.807, 2.05) is 49.6 Å². The van der Waals surface area contributed by atoms with Crippen molar-refractivity contribution < 1.29 is 9.90 Å². The van der Waals surface area contributed by atoms with E-state index >= 15 is 0 Å². The van der Waals surface area contributed by atoms with Gasteiger partial charge in [0.1, 0.15) is 11.4 Å². The zero-order valence-corrected chi connectivity index (χ0v) is 13.6. The monoisotopic (exact) mass is 308 g/mol. The minimum atomic E-state index is -0.130. The lowest BCUT2D eigenvalue weighted by molar-refractivity contribution is 0.101. The van der Waals surface area contributed by atoms with Crippen molar-refractivity contribution in [2.75, 3.05) is 5.32 Å². The normalized spacial score (nSPS) is 10.9. The molecule has 0 saturated heterocycles. The highest BCUT2D eigenvalue weighted by Gasteiger charge is 2.19. The minimum Gasteiger partial charge on any atom is -0.508 e. The number of aromatic hydroxyl groups is 1. The second-order valence-electron chi connectivity index (χ2n) is 5.69. The van der Waals surface area contributed by atoms with Crippen molar-refractivity contribution in [3.05, 3.63) is 59.3 Å². The molecule has 4 nitrogen and oxygen atoms in total. The molecule has 3 rings (SSSR count). The van der Waals surface area contributed by atoms with Crippen LogP contribution in [-0.2, 0) is 6.54 Å². The number of anilines is 1. The molecule has 0 radical (unpaired) electrons. The molecule has 2 aromatic carbocycles. The maximum atomic E-state index is 12.8. The number of amides is 1. The third-order valence-corrected chi connectivity index (χ3v) is 4.21. The number of aryl methyl sites for hydroxylation is 3. The number of fused-ring (bicyclic) bond motifs is 1. The van der Waals surface area contributed by atoms with Crippen LogP contribution in [0.25, 0.3) is 10.9 Å². The number of hydrogen-bond donors (Lipinski definition) is 2. The number of rotatable bonds is 3. The van der Waals surface area contributed by atoms with Gasteiger partial charge in [-0.2, -0.15) is 0 Å². The SMILES string of the molecule is CCn1c(C(=O)Nc2ccc(O)cc2C)c(C)c2ccccc21. The maximum absolute atomic E-state index is 12.8. The largest absolute Gasteiger partial charge is 0.508 e. The van der Waals surface area contributed by atoms with Crippen LogP contribution < -0.4 is 5.32 Å². The quantitative estimate of drug-likeness (QED) is 0.711. The van der Waals surface area contributed by atoms with E-state index in [0.717, 1.165) is 28.6 Å². The number of aromatic nitrogens is 1. The van der Waals surface area contributed by atoms with Gasteiger partial charge in [-0.15, -0.1) is 0 Å². The molecular weight excluding hydrogens is 288 g/mol. The van der Waals surface area contributed by atoms with E-state index in [2.05, 4.69) is 5.32 Å². The molecule has 0 spiro atoms. The Hall–Kier alpha value is -2.75. The van der Waals surface area contributed by atoms with Crippen molar-refractivity contribution in [3.63, 3.8) is 0 Å². The number of carbonyl (C=O) groups is 1. The Bertz CT molecular complexity index is 894. The molecule has 0 aliphatic heterocycles. The number of para-hydroxylation sites is 1. The van der Waals surface area contributed by atoms with Crippen molar-refractivity contribution in [1.29, 1.82) is 0 Å². The molecule has 118 valence electrons.